The zero-order valence-corrected chi connectivity index (χ0v) is 15.3. The molecular formula is C18H23N5O4. The van der Waals surface area contributed by atoms with Gasteiger partial charge in [-0.05, 0) is 17.7 Å². The molecule has 2 heterocycles. The highest BCUT2D eigenvalue weighted by molar-refractivity contribution is 5.76. The summed E-state index contributed by atoms with van der Waals surface area (Å²) in [6.45, 7) is 4.17. The number of aryl methyl sites for hydroxylation is 1. The maximum absolute atomic E-state index is 12.4. The summed E-state index contributed by atoms with van der Waals surface area (Å²) in [5.41, 5.74) is 1.13. The Balaban J connectivity index is 1.43. The van der Waals surface area contributed by atoms with E-state index < -0.39 is 4.92 Å². The number of carbonyl (C=O) groups is 1. The lowest BCUT2D eigenvalue weighted by Gasteiger charge is -2.34. The zero-order valence-electron chi connectivity index (χ0n) is 15.3. The maximum atomic E-state index is 12.4. The molecule has 0 N–H and O–H groups in total. The molecule has 3 rings (SSSR count). The molecule has 9 nitrogen and oxygen atoms in total. The molecule has 1 fully saturated rings. The van der Waals surface area contributed by atoms with E-state index in [0.29, 0.717) is 19.6 Å². The quantitative estimate of drug-likeness (QED) is 0.540. The van der Waals surface area contributed by atoms with Gasteiger partial charge in [-0.2, -0.15) is 5.10 Å². The number of aromatic nitrogens is 2. The van der Waals surface area contributed by atoms with Crippen LogP contribution >= 0.6 is 0 Å². The minimum absolute atomic E-state index is 0.0502. The first kappa shape index (κ1) is 18.8. The largest absolute Gasteiger partial charge is 0.497 e. The van der Waals surface area contributed by atoms with Crippen molar-refractivity contribution in [3.05, 3.63) is 52.3 Å². The fraction of sp³-hybridized carbons (Fsp3) is 0.444. The Bertz CT molecular complexity index is 799. The van der Waals surface area contributed by atoms with Crippen molar-refractivity contribution in [3.8, 4) is 5.75 Å². The zero-order chi connectivity index (χ0) is 19.2. The smallest absolute Gasteiger partial charge is 0.306 e. The SMILES string of the molecule is COc1cccc(CN2CCN(C(=O)CCn3cc([N+](=O)[O-])cn3)CC2)c1. The van der Waals surface area contributed by atoms with Crippen molar-refractivity contribution in [1.82, 2.24) is 19.6 Å². The number of nitro groups is 1. The highest BCUT2D eigenvalue weighted by atomic mass is 16.6. The van der Waals surface area contributed by atoms with Gasteiger partial charge in [-0.1, -0.05) is 12.1 Å². The summed E-state index contributed by atoms with van der Waals surface area (Å²) < 4.78 is 6.69. The molecule has 0 unspecified atom stereocenters. The second-order valence-corrected chi connectivity index (χ2v) is 6.48. The van der Waals surface area contributed by atoms with Gasteiger partial charge >= 0.3 is 5.69 Å². The normalized spacial score (nSPS) is 14.9. The van der Waals surface area contributed by atoms with Crippen LogP contribution in [0.25, 0.3) is 0 Å². The van der Waals surface area contributed by atoms with Crippen molar-refractivity contribution < 1.29 is 14.5 Å². The topological polar surface area (TPSA) is 93.7 Å². The van der Waals surface area contributed by atoms with Crippen LogP contribution in [-0.4, -0.2) is 63.7 Å². The molecule has 0 spiro atoms. The first-order chi connectivity index (χ1) is 13.0. The molecule has 9 heteroatoms. The van der Waals surface area contributed by atoms with Crippen molar-refractivity contribution in [2.75, 3.05) is 33.3 Å². The lowest BCUT2D eigenvalue weighted by molar-refractivity contribution is -0.385. The Kier molecular flexibility index (Phi) is 6.02. The minimum Gasteiger partial charge on any atom is -0.497 e. The molecule has 0 aliphatic carbocycles. The average Bonchev–Trinajstić information content (AvgIpc) is 3.16. The molecule has 2 aromatic rings. The summed E-state index contributed by atoms with van der Waals surface area (Å²) in [5.74, 6) is 0.898. The maximum Gasteiger partial charge on any atom is 0.306 e. The molecule has 0 atom stereocenters. The molecule has 0 bridgehead atoms. The van der Waals surface area contributed by atoms with E-state index in [0.717, 1.165) is 25.4 Å². The van der Waals surface area contributed by atoms with E-state index in [1.165, 1.54) is 22.6 Å². The third-order valence-electron chi connectivity index (χ3n) is 4.65. The van der Waals surface area contributed by atoms with Crippen LogP contribution in [0.15, 0.2) is 36.7 Å². The van der Waals surface area contributed by atoms with Crippen LogP contribution in [0.4, 0.5) is 5.69 Å². The molecule has 1 amide bonds. The first-order valence-electron chi connectivity index (χ1n) is 8.85. The summed E-state index contributed by atoms with van der Waals surface area (Å²) >= 11 is 0. The average molecular weight is 373 g/mol. The predicted molar refractivity (Wildman–Crippen MR) is 98.3 cm³/mol. The van der Waals surface area contributed by atoms with Gasteiger partial charge in [-0.25, -0.2) is 0 Å². The van der Waals surface area contributed by atoms with Gasteiger partial charge in [-0.15, -0.1) is 0 Å². The summed E-state index contributed by atoms with van der Waals surface area (Å²) in [4.78, 5) is 26.7. The molecule has 1 aromatic carbocycles. The second kappa shape index (κ2) is 8.63. The fourth-order valence-corrected chi connectivity index (χ4v) is 3.12. The van der Waals surface area contributed by atoms with Gasteiger partial charge in [0.2, 0.25) is 5.91 Å². The molecule has 0 saturated carbocycles. The van der Waals surface area contributed by atoms with Crippen molar-refractivity contribution in [1.29, 1.82) is 0 Å². The highest BCUT2D eigenvalue weighted by Gasteiger charge is 2.21. The van der Waals surface area contributed by atoms with E-state index in [1.54, 1.807) is 7.11 Å². The van der Waals surface area contributed by atoms with Gasteiger partial charge < -0.3 is 9.64 Å². The number of benzene rings is 1. The minimum atomic E-state index is -0.493. The lowest BCUT2D eigenvalue weighted by Crippen LogP contribution is -2.48. The second-order valence-electron chi connectivity index (χ2n) is 6.48. The third kappa shape index (κ3) is 5.04. The molecule has 0 radical (unpaired) electrons. The number of piperazine rings is 1. The van der Waals surface area contributed by atoms with Gasteiger partial charge in [-0.3, -0.25) is 24.5 Å². The van der Waals surface area contributed by atoms with Gasteiger partial charge in [0, 0.05) is 45.7 Å². The summed E-state index contributed by atoms with van der Waals surface area (Å²) in [6, 6.07) is 8.01. The van der Waals surface area contributed by atoms with E-state index in [-0.39, 0.29) is 18.0 Å². The Morgan fingerprint density at radius 2 is 2.07 bits per heavy atom. The third-order valence-corrected chi connectivity index (χ3v) is 4.65. The van der Waals surface area contributed by atoms with Crippen LogP contribution in [0.2, 0.25) is 0 Å². The van der Waals surface area contributed by atoms with Gasteiger partial charge in [0.1, 0.15) is 18.1 Å². The monoisotopic (exact) mass is 373 g/mol. The lowest BCUT2D eigenvalue weighted by atomic mass is 10.2. The molecule has 144 valence electrons. The number of hydrogen-bond donors (Lipinski definition) is 0. The number of methoxy groups -OCH3 is 1. The first-order valence-corrected chi connectivity index (χ1v) is 8.85. The van der Waals surface area contributed by atoms with Crippen LogP contribution < -0.4 is 4.74 Å². The fourth-order valence-electron chi connectivity index (χ4n) is 3.12. The standard InChI is InChI=1S/C18H23N5O4/c1-27-17-4-2-3-15(11-17)13-20-7-9-21(10-8-20)18(24)5-6-22-14-16(12-19-22)23(25)26/h2-4,11-12,14H,5-10,13H2,1H3. The van der Waals surface area contributed by atoms with E-state index in [2.05, 4.69) is 16.1 Å². The summed E-state index contributed by atoms with van der Waals surface area (Å²) in [6.07, 6.45) is 2.83. The molecule has 1 aliphatic heterocycles. The molecule has 1 aromatic heterocycles. The Hall–Kier alpha value is -2.94. The molecular weight excluding hydrogens is 350 g/mol. The number of amides is 1. The van der Waals surface area contributed by atoms with Crippen LogP contribution in [0.5, 0.6) is 5.75 Å². The summed E-state index contributed by atoms with van der Waals surface area (Å²) in [7, 11) is 1.66. The number of nitrogens with zero attached hydrogens (tertiary/aromatic N) is 5. The van der Waals surface area contributed by atoms with E-state index in [1.807, 2.05) is 23.1 Å². The molecule has 1 aliphatic rings. The van der Waals surface area contributed by atoms with Crippen molar-refractivity contribution in [2.45, 2.75) is 19.5 Å². The number of ether oxygens (including phenoxy) is 1. The van der Waals surface area contributed by atoms with Crippen LogP contribution in [0.3, 0.4) is 0 Å². The van der Waals surface area contributed by atoms with Gasteiger partial charge in [0.15, 0.2) is 0 Å². The highest BCUT2D eigenvalue weighted by Crippen LogP contribution is 2.16. The van der Waals surface area contributed by atoms with Crippen LogP contribution in [0, 0.1) is 10.1 Å². The molecule has 1 saturated heterocycles. The Morgan fingerprint density at radius 1 is 1.30 bits per heavy atom. The van der Waals surface area contributed by atoms with Crippen LogP contribution in [0.1, 0.15) is 12.0 Å². The number of hydrogen-bond acceptors (Lipinski definition) is 6. The summed E-state index contributed by atoms with van der Waals surface area (Å²) in [5, 5.41) is 14.6. The number of carbonyl (C=O) groups excluding carboxylic acids is 1. The predicted octanol–water partition coefficient (Wildman–Crippen LogP) is 1.53. The van der Waals surface area contributed by atoms with E-state index >= 15 is 0 Å². The van der Waals surface area contributed by atoms with E-state index in [4.69, 9.17) is 4.74 Å². The van der Waals surface area contributed by atoms with Crippen molar-refractivity contribution in [2.24, 2.45) is 0 Å². The Morgan fingerprint density at radius 3 is 2.74 bits per heavy atom. The van der Waals surface area contributed by atoms with Gasteiger partial charge in [0.05, 0.1) is 12.0 Å². The molecule has 27 heavy (non-hydrogen) atoms. The van der Waals surface area contributed by atoms with Crippen LogP contribution in [-0.2, 0) is 17.9 Å². The van der Waals surface area contributed by atoms with Crippen molar-refractivity contribution >= 4 is 11.6 Å². The van der Waals surface area contributed by atoms with E-state index in [9.17, 15) is 14.9 Å². The number of rotatable bonds is 7. The Labute approximate surface area is 157 Å². The van der Waals surface area contributed by atoms with Gasteiger partial charge in [0.25, 0.3) is 0 Å². The van der Waals surface area contributed by atoms with Crippen molar-refractivity contribution in [3.63, 3.8) is 0 Å².